The van der Waals surface area contributed by atoms with Crippen molar-refractivity contribution >= 4 is 0 Å². The van der Waals surface area contributed by atoms with Crippen LogP contribution in [0.2, 0.25) is 0 Å². The molecule has 0 bridgehead atoms. The highest BCUT2D eigenvalue weighted by atomic mass is 16.5. The van der Waals surface area contributed by atoms with E-state index in [-0.39, 0.29) is 11.8 Å². The fraction of sp³-hybridized carbons (Fsp3) is 1.00. The third-order valence-electron chi connectivity index (χ3n) is 12.1. The lowest BCUT2D eigenvalue weighted by atomic mass is 9.44. The van der Waals surface area contributed by atoms with E-state index in [0.717, 1.165) is 54.9 Å². The molecule has 170 valence electrons. The van der Waals surface area contributed by atoms with E-state index >= 15 is 0 Å². The number of aliphatic hydroxyl groups excluding tert-OH is 1. The van der Waals surface area contributed by atoms with Crippen LogP contribution in [0.25, 0.3) is 0 Å². The van der Waals surface area contributed by atoms with Gasteiger partial charge in [0.15, 0.2) is 0 Å². The van der Waals surface area contributed by atoms with Gasteiger partial charge in [-0.3, -0.25) is 5.32 Å². The molecule has 3 heteroatoms. The molecule has 4 saturated carbocycles. The molecule has 6 fully saturated rings. The molecule has 0 aromatic carbocycles. The predicted molar refractivity (Wildman–Crippen MR) is 120 cm³/mol. The Morgan fingerprint density at radius 2 is 1.67 bits per heavy atom. The van der Waals surface area contributed by atoms with Crippen LogP contribution < -0.4 is 5.32 Å². The summed E-state index contributed by atoms with van der Waals surface area (Å²) in [5, 5.41) is 14.2. The molecule has 2 aliphatic heterocycles. The maximum atomic E-state index is 10.3. The van der Waals surface area contributed by atoms with Crippen molar-refractivity contribution in [2.45, 2.75) is 110 Å². The summed E-state index contributed by atoms with van der Waals surface area (Å²) in [6, 6.07) is 0. The van der Waals surface area contributed by atoms with E-state index in [2.05, 4.69) is 33.0 Å². The average Bonchev–Trinajstić information content (AvgIpc) is 3.16. The van der Waals surface area contributed by atoms with Gasteiger partial charge in [0.1, 0.15) is 5.72 Å². The van der Waals surface area contributed by atoms with Crippen molar-refractivity contribution in [3.05, 3.63) is 0 Å². The third kappa shape index (κ3) is 2.61. The van der Waals surface area contributed by atoms with Crippen molar-refractivity contribution in [2.75, 3.05) is 6.54 Å². The Bertz CT molecular complexity index is 686. The number of nitrogens with one attached hydrogen (secondary N) is 1. The first-order valence-electron chi connectivity index (χ1n) is 13.4. The van der Waals surface area contributed by atoms with Crippen LogP contribution in [-0.4, -0.2) is 29.6 Å². The van der Waals surface area contributed by atoms with E-state index < -0.39 is 0 Å². The van der Waals surface area contributed by atoms with Gasteiger partial charge in [0.2, 0.25) is 0 Å². The Morgan fingerprint density at radius 3 is 2.43 bits per heavy atom. The van der Waals surface area contributed by atoms with Crippen LogP contribution in [-0.2, 0) is 4.74 Å². The largest absolute Gasteiger partial charge is 0.393 e. The molecular formula is C27H45NO2. The number of fused-ring (bicyclic) bond motifs is 7. The summed E-state index contributed by atoms with van der Waals surface area (Å²) in [4.78, 5) is 0. The Kier molecular flexibility index (Phi) is 4.58. The van der Waals surface area contributed by atoms with Crippen LogP contribution >= 0.6 is 0 Å². The molecule has 0 amide bonds. The zero-order valence-corrected chi connectivity index (χ0v) is 19.8. The van der Waals surface area contributed by atoms with Crippen LogP contribution in [0.4, 0.5) is 0 Å². The van der Waals surface area contributed by atoms with Crippen molar-refractivity contribution in [3.63, 3.8) is 0 Å². The monoisotopic (exact) mass is 415 g/mol. The minimum atomic E-state index is -0.0320. The van der Waals surface area contributed by atoms with Crippen LogP contribution in [0.1, 0.15) is 91.9 Å². The zero-order chi connectivity index (χ0) is 20.9. The molecule has 6 aliphatic rings. The topological polar surface area (TPSA) is 41.5 Å². The smallest absolute Gasteiger partial charge is 0.122 e. The summed E-state index contributed by atoms with van der Waals surface area (Å²) in [5.41, 5.74) is 0.919. The summed E-state index contributed by atoms with van der Waals surface area (Å²) in [6.45, 7) is 11.3. The molecule has 2 N–H and O–H groups in total. The summed E-state index contributed by atoms with van der Waals surface area (Å²) in [7, 11) is 0. The lowest BCUT2D eigenvalue weighted by Gasteiger charge is -2.61. The molecule has 6 rings (SSSR count). The fourth-order valence-electron chi connectivity index (χ4n) is 10.4. The van der Waals surface area contributed by atoms with Crippen LogP contribution in [0, 0.1) is 52.3 Å². The van der Waals surface area contributed by atoms with Crippen molar-refractivity contribution in [2.24, 2.45) is 52.3 Å². The highest BCUT2D eigenvalue weighted by Crippen LogP contribution is 2.71. The van der Waals surface area contributed by atoms with Gasteiger partial charge in [0, 0.05) is 12.5 Å². The van der Waals surface area contributed by atoms with Gasteiger partial charge < -0.3 is 9.84 Å². The molecule has 2 saturated heterocycles. The predicted octanol–water partition coefficient (Wildman–Crippen LogP) is 5.37. The molecule has 2 heterocycles. The summed E-state index contributed by atoms with van der Waals surface area (Å²) < 4.78 is 7.01. The molecule has 0 aromatic heterocycles. The number of hydrogen-bond donors (Lipinski definition) is 2. The number of aliphatic hydroxyl groups is 1. The highest BCUT2D eigenvalue weighted by molar-refractivity contribution is 5.16. The first-order chi connectivity index (χ1) is 14.3. The van der Waals surface area contributed by atoms with Gasteiger partial charge in [0.25, 0.3) is 0 Å². The van der Waals surface area contributed by atoms with Crippen molar-refractivity contribution in [1.82, 2.24) is 5.32 Å². The van der Waals surface area contributed by atoms with Gasteiger partial charge in [-0.25, -0.2) is 0 Å². The molecule has 0 aromatic rings. The van der Waals surface area contributed by atoms with E-state index in [0.29, 0.717) is 22.9 Å². The Labute approximate surface area is 184 Å². The van der Waals surface area contributed by atoms with Gasteiger partial charge >= 0.3 is 0 Å². The van der Waals surface area contributed by atoms with Crippen LogP contribution in [0.15, 0.2) is 0 Å². The molecule has 1 spiro atoms. The van der Waals surface area contributed by atoms with Crippen LogP contribution in [0.3, 0.4) is 0 Å². The molecule has 0 radical (unpaired) electrons. The maximum Gasteiger partial charge on any atom is 0.122 e. The summed E-state index contributed by atoms with van der Waals surface area (Å²) in [6.07, 6.45) is 13.2. The Balaban J connectivity index is 1.26. The van der Waals surface area contributed by atoms with E-state index in [1.165, 1.54) is 51.4 Å². The molecular weight excluding hydrogens is 370 g/mol. The highest BCUT2D eigenvalue weighted by Gasteiger charge is 2.68. The summed E-state index contributed by atoms with van der Waals surface area (Å²) >= 11 is 0. The van der Waals surface area contributed by atoms with Crippen molar-refractivity contribution < 1.29 is 9.84 Å². The molecule has 4 aliphatic carbocycles. The van der Waals surface area contributed by atoms with Gasteiger partial charge in [-0.1, -0.05) is 27.7 Å². The lowest BCUT2D eigenvalue weighted by Crippen LogP contribution is -2.57. The van der Waals surface area contributed by atoms with Crippen molar-refractivity contribution in [3.8, 4) is 0 Å². The third-order valence-corrected chi connectivity index (χ3v) is 12.1. The Hall–Kier alpha value is -0.120. The minimum absolute atomic E-state index is 0.0319. The quantitative estimate of drug-likeness (QED) is 0.559. The minimum Gasteiger partial charge on any atom is -0.393 e. The molecule has 30 heavy (non-hydrogen) atoms. The van der Waals surface area contributed by atoms with Gasteiger partial charge in [-0.2, -0.15) is 0 Å². The standard InChI is InChI=1S/C27H45NO2/c1-16-7-12-27(28-15-16)17(2)24-23(30-27)14-22-20-6-5-18-13-19(29)8-10-25(18,3)21(20)9-11-26(22,24)4/h16-24,28-29H,5-15H2,1-4H3/t16?,17-,18-,19-,20+,21-,22-,23-,24-,25-,26-,27-/m0/s1. The number of ether oxygens (including phenoxy) is 1. The van der Waals surface area contributed by atoms with Crippen LogP contribution in [0.5, 0.6) is 0 Å². The van der Waals surface area contributed by atoms with E-state index in [4.69, 9.17) is 4.74 Å². The lowest BCUT2D eigenvalue weighted by molar-refractivity contribution is -0.140. The summed E-state index contributed by atoms with van der Waals surface area (Å²) in [5.74, 6) is 5.57. The zero-order valence-electron chi connectivity index (χ0n) is 19.8. The number of hydrogen-bond acceptors (Lipinski definition) is 3. The van der Waals surface area contributed by atoms with E-state index in [1.54, 1.807) is 0 Å². The van der Waals surface area contributed by atoms with Crippen molar-refractivity contribution in [1.29, 1.82) is 0 Å². The first kappa shape index (κ1) is 20.5. The normalized spacial score (nSPS) is 62.5. The second-order valence-corrected chi connectivity index (χ2v) is 13.3. The fourth-order valence-corrected chi connectivity index (χ4v) is 10.4. The van der Waals surface area contributed by atoms with Gasteiger partial charge in [0.05, 0.1) is 12.2 Å². The Morgan fingerprint density at radius 1 is 0.867 bits per heavy atom. The molecule has 1 unspecified atom stereocenters. The molecule has 3 nitrogen and oxygen atoms in total. The number of rotatable bonds is 0. The maximum absolute atomic E-state index is 10.3. The average molecular weight is 416 g/mol. The van der Waals surface area contributed by atoms with E-state index in [9.17, 15) is 5.11 Å². The first-order valence-corrected chi connectivity index (χ1v) is 13.4. The second-order valence-electron chi connectivity index (χ2n) is 13.3. The number of piperidine rings is 1. The SMILES string of the molecule is CC1CC[C@]2(NC1)O[C@H]1C[C@H]3[C@@H]4CC[C@H]5C[C@@H](O)CC[C@]5(C)[C@H]4CC[C@]3(C)[C@H]1[C@@H]2C. The van der Waals surface area contributed by atoms with Gasteiger partial charge in [-0.05, 0) is 111 Å². The van der Waals surface area contributed by atoms with E-state index in [1.807, 2.05) is 0 Å². The van der Waals surface area contributed by atoms with Gasteiger partial charge in [-0.15, -0.1) is 0 Å². The molecule has 12 atom stereocenters. The second kappa shape index (κ2) is 6.70.